The molecule has 1 heterocycles. The van der Waals surface area contributed by atoms with E-state index >= 15 is 0 Å². The number of alkyl halides is 3. The maximum Gasteiger partial charge on any atom is 0.417 e. The number of rotatable bonds is 3. The van der Waals surface area contributed by atoms with Crippen LogP contribution in [-0.2, 0) is 11.0 Å². The molecular weight excluding hydrogens is 287 g/mol. The first-order chi connectivity index (χ1) is 9.80. The first-order valence-electron chi connectivity index (χ1n) is 5.83. The number of aliphatic carboxylic acids is 1. The Morgan fingerprint density at radius 2 is 1.76 bits per heavy atom. The van der Waals surface area contributed by atoms with E-state index in [0.29, 0.717) is 0 Å². The van der Waals surface area contributed by atoms with Gasteiger partial charge in [0, 0.05) is 12.4 Å². The predicted octanol–water partition coefficient (Wildman–Crippen LogP) is 2.89. The van der Waals surface area contributed by atoms with Crippen LogP contribution in [0.25, 0.3) is 11.1 Å². The van der Waals surface area contributed by atoms with Crippen molar-refractivity contribution in [2.75, 3.05) is 0 Å². The van der Waals surface area contributed by atoms with Gasteiger partial charge in [0.1, 0.15) is 0 Å². The summed E-state index contributed by atoms with van der Waals surface area (Å²) in [5.41, 5.74) is -1.00. The monoisotopic (exact) mass is 297 g/mol. The number of nitrogens with zero attached hydrogens (tertiary/aromatic N) is 1. The summed E-state index contributed by atoms with van der Waals surface area (Å²) >= 11 is 0. The largest absolute Gasteiger partial charge is 0.479 e. The number of pyridine rings is 1. The number of hydrogen-bond donors (Lipinski definition) is 2. The Balaban J connectivity index is 2.63. The highest BCUT2D eigenvalue weighted by Gasteiger charge is 2.34. The van der Waals surface area contributed by atoms with Crippen molar-refractivity contribution in [3.63, 3.8) is 0 Å². The second-order valence-electron chi connectivity index (χ2n) is 4.28. The van der Waals surface area contributed by atoms with E-state index in [2.05, 4.69) is 4.98 Å². The molecule has 1 atom stereocenters. The summed E-state index contributed by atoms with van der Waals surface area (Å²) in [6.45, 7) is 0. The number of aliphatic hydroxyl groups is 1. The zero-order valence-corrected chi connectivity index (χ0v) is 10.5. The molecule has 4 nitrogen and oxygen atoms in total. The summed E-state index contributed by atoms with van der Waals surface area (Å²) in [4.78, 5) is 14.5. The summed E-state index contributed by atoms with van der Waals surface area (Å²) in [7, 11) is 0. The van der Waals surface area contributed by atoms with E-state index in [-0.39, 0.29) is 16.7 Å². The zero-order chi connectivity index (χ0) is 15.6. The Morgan fingerprint density at radius 3 is 2.29 bits per heavy atom. The molecule has 0 aliphatic rings. The SMILES string of the molecule is O=C(O)C(O)c1ccc(C(F)(F)F)c(-c2ccncc2)c1. The molecule has 21 heavy (non-hydrogen) atoms. The molecule has 7 heteroatoms. The van der Waals surface area contributed by atoms with E-state index in [1.807, 2.05) is 0 Å². The predicted molar refractivity (Wildman–Crippen MR) is 67.3 cm³/mol. The molecule has 110 valence electrons. The molecule has 0 aliphatic carbocycles. The third kappa shape index (κ3) is 3.19. The smallest absolute Gasteiger partial charge is 0.417 e. The topological polar surface area (TPSA) is 70.4 Å². The van der Waals surface area contributed by atoms with E-state index in [4.69, 9.17) is 5.11 Å². The fourth-order valence-corrected chi connectivity index (χ4v) is 1.89. The Bertz CT molecular complexity index is 656. The van der Waals surface area contributed by atoms with Crippen LogP contribution in [0.3, 0.4) is 0 Å². The third-order valence-electron chi connectivity index (χ3n) is 2.89. The first kappa shape index (κ1) is 15.0. The fraction of sp³-hybridized carbons (Fsp3) is 0.143. The molecule has 1 unspecified atom stereocenters. The van der Waals surface area contributed by atoms with Gasteiger partial charge >= 0.3 is 12.1 Å². The van der Waals surface area contributed by atoms with E-state index < -0.39 is 23.8 Å². The normalized spacial score (nSPS) is 13.0. The van der Waals surface area contributed by atoms with Gasteiger partial charge in [-0.25, -0.2) is 4.79 Å². The molecule has 1 aromatic carbocycles. The Hall–Kier alpha value is -2.41. The highest BCUT2D eigenvalue weighted by Crippen LogP contribution is 2.38. The fourth-order valence-electron chi connectivity index (χ4n) is 1.89. The van der Waals surface area contributed by atoms with Gasteiger partial charge in [-0.05, 0) is 41.0 Å². The number of aromatic nitrogens is 1. The lowest BCUT2D eigenvalue weighted by atomic mass is 9.95. The van der Waals surface area contributed by atoms with Crippen LogP contribution in [0.4, 0.5) is 13.2 Å². The first-order valence-corrected chi connectivity index (χ1v) is 5.83. The van der Waals surface area contributed by atoms with Gasteiger partial charge in [-0.2, -0.15) is 13.2 Å². The van der Waals surface area contributed by atoms with Crippen LogP contribution in [0.1, 0.15) is 17.2 Å². The molecule has 0 aliphatic heterocycles. The number of aliphatic hydroxyl groups excluding tert-OH is 1. The highest BCUT2D eigenvalue weighted by atomic mass is 19.4. The van der Waals surface area contributed by atoms with Gasteiger partial charge in [0.05, 0.1) is 5.56 Å². The molecule has 0 spiro atoms. The summed E-state index contributed by atoms with van der Waals surface area (Å²) in [6, 6.07) is 5.49. The number of hydrogen-bond acceptors (Lipinski definition) is 3. The van der Waals surface area contributed by atoms with Crippen molar-refractivity contribution in [1.29, 1.82) is 0 Å². The lowest BCUT2D eigenvalue weighted by molar-refractivity contribution is -0.146. The lowest BCUT2D eigenvalue weighted by Crippen LogP contribution is -2.13. The quantitative estimate of drug-likeness (QED) is 0.914. The highest BCUT2D eigenvalue weighted by molar-refractivity contribution is 5.76. The summed E-state index contributed by atoms with van der Waals surface area (Å²) < 4.78 is 39.1. The standard InChI is InChI=1S/C14H10F3NO3/c15-14(16,17)11-2-1-9(12(19)13(20)21)7-10(11)8-3-5-18-6-4-8/h1-7,12,19H,(H,20,21). The number of halogens is 3. The van der Waals surface area contributed by atoms with Crippen molar-refractivity contribution in [3.8, 4) is 11.1 Å². The second-order valence-corrected chi connectivity index (χ2v) is 4.28. The van der Waals surface area contributed by atoms with E-state index in [0.717, 1.165) is 18.2 Å². The Kier molecular flexibility index (Phi) is 3.95. The molecule has 0 bridgehead atoms. The maximum absolute atomic E-state index is 13.0. The van der Waals surface area contributed by atoms with Crippen LogP contribution >= 0.6 is 0 Å². The van der Waals surface area contributed by atoms with Crippen molar-refractivity contribution in [2.45, 2.75) is 12.3 Å². The molecule has 1 aromatic heterocycles. The van der Waals surface area contributed by atoms with Gasteiger partial charge in [-0.15, -0.1) is 0 Å². The van der Waals surface area contributed by atoms with Gasteiger partial charge < -0.3 is 10.2 Å². The van der Waals surface area contributed by atoms with Crippen molar-refractivity contribution in [3.05, 3.63) is 53.9 Å². The van der Waals surface area contributed by atoms with Crippen LogP contribution in [0.2, 0.25) is 0 Å². The molecule has 0 saturated heterocycles. The summed E-state index contributed by atoms with van der Waals surface area (Å²) in [5.74, 6) is -1.53. The molecule has 0 radical (unpaired) electrons. The van der Waals surface area contributed by atoms with Crippen molar-refractivity contribution in [1.82, 2.24) is 4.98 Å². The molecule has 0 fully saturated rings. The van der Waals surface area contributed by atoms with Gasteiger partial charge in [-0.1, -0.05) is 6.07 Å². The maximum atomic E-state index is 13.0. The van der Waals surface area contributed by atoms with E-state index in [1.54, 1.807) is 0 Å². The summed E-state index contributed by atoms with van der Waals surface area (Å²) in [5, 5.41) is 18.2. The number of carboxylic acid groups (broad SMARTS) is 1. The van der Waals surface area contributed by atoms with Crippen LogP contribution in [0, 0.1) is 0 Å². The molecule has 2 aromatic rings. The summed E-state index contributed by atoms with van der Waals surface area (Å²) in [6.07, 6.45) is -3.82. The Labute approximate surface area is 117 Å². The third-order valence-corrected chi connectivity index (χ3v) is 2.89. The van der Waals surface area contributed by atoms with Gasteiger partial charge in [0.15, 0.2) is 6.10 Å². The van der Waals surface area contributed by atoms with Crippen molar-refractivity contribution >= 4 is 5.97 Å². The lowest BCUT2D eigenvalue weighted by Gasteiger charge is -2.15. The Morgan fingerprint density at radius 1 is 1.14 bits per heavy atom. The van der Waals surface area contributed by atoms with Crippen LogP contribution < -0.4 is 0 Å². The van der Waals surface area contributed by atoms with Gasteiger partial charge in [0.25, 0.3) is 0 Å². The van der Waals surface area contributed by atoms with Crippen molar-refractivity contribution < 1.29 is 28.2 Å². The number of benzene rings is 1. The minimum Gasteiger partial charge on any atom is -0.479 e. The van der Waals surface area contributed by atoms with Crippen LogP contribution in [0.15, 0.2) is 42.7 Å². The van der Waals surface area contributed by atoms with E-state index in [1.165, 1.54) is 24.5 Å². The average molecular weight is 297 g/mol. The van der Waals surface area contributed by atoms with Crippen LogP contribution in [-0.4, -0.2) is 21.2 Å². The van der Waals surface area contributed by atoms with Gasteiger partial charge in [0.2, 0.25) is 0 Å². The number of carboxylic acids is 1. The van der Waals surface area contributed by atoms with Crippen molar-refractivity contribution in [2.24, 2.45) is 0 Å². The average Bonchev–Trinajstić information content (AvgIpc) is 2.45. The zero-order valence-electron chi connectivity index (χ0n) is 10.5. The number of carbonyl (C=O) groups is 1. The van der Waals surface area contributed by atoms with E-state index in [9.17, 15) is 23.1 Å². The van der Waals surface area contributed by atoms with Gasteiger partial charge in [-0.3, -0.25) is 4.98 Å². The molecule has 2 N–H and O–H groups in total. The minimum absolute atomic E-state index is 0.123. The van der Waals surface area contributed by atoms with Crippen LogP contribution in [0.5, 0.6) is 0 Å². The molecular formula is C14H10F3NO3. The second kappa shape index (κ2) is 5.53. The molecule has 0 amide bonds. The molecule has 0 saturated carbocycles. The minimum atomic E-state index is -4.59. The molecule has 2 rings (SSSR count).